The van der Waals surface area contributed by atoms with Crippen molar-refractivity contribution in [3.05, 3.63) is 47.4 Å². The highest BCUT2D eigenvalue weighted by Gasteiger charge is 2.50. The molecule has 6 nitrogen and oxygen atoms in total. The van der Waals surface area contributed by atoms with Crippen LogP contribution in [-0.2, 0) is 5.54 Å². The molecule has 2 aliphatic rings. The maximum atomic E-state index is 14.0. The number of anilines is 1. The number of halogens is 2. The van der Waals surface area contributed by atoms with Crippen molar-refractivity contribution in [1.82, 2.24) is 9.97 Å². The summed E-state index contributed by atoms with van der Waals surface area (Å²) >= 11 is 1.57. The number of benzene rings is 1. The molecule has 4 rings (SSSR count). The van der Waals surface area contributed by atoms with Crippen molar-refractivity contribution in [3.63, 3.8) is 0 Å². The van der Waals surface area contributed by atoms with Crippen molar-refractivity contribution in [2.45, 2.75) is 12.5 Å². The standard InChI is InChI=1S/C18H20FN5OS.ClH/c1-11-14(19)15(25-2)22-17(21-11)24-8-13-9-26-16(20)23-18(13,10-24)12-6-4-3-5-7-12;/h3-7,13H,8-10H2,1-2H3,(H2,20,23);1H/t13-,18?;/m0./s1. The van der Waals surface area contributed by atoms with Gasteiger partial charge in [-0.3, -0.25) is 0 Å². The molecular formula is C18H21ClFN5OS. The van der Waals surface area contributed by atoms with E-state index in [0.29, 0.717) is 17.7 Å². The molecule has 1 fully saturated rings. The summed E-state index contributed by atoms with van der Waals surface area (Å²) in [5.74, 6) is 1.04. The Labute approximate surface area is 167 Å². The minimum absolute atomic E-state index is 0. The van der Waals surface area contributed by atoms with Crippen LogP contribution in [0.3, 0.4) is 0 Å². The third-order valence-electron chi connectivity index (χ3n) is 5.01. The molecule has 3 heterocycles. The minimum atomic E-state index is -0.525. The molecule has 0 aliphatic carbocycles. The Balaban J connectivity index is 0.00000210. The van der Waals surface area contributed by atoms with Crippen LogP contribution in [0.1, 0.15) is 11.3 Å². The Kier molecular flexibility index (Phi) is 5.48. The quantitative estimate of drug-likeness (QED) is 0.839. The van der Waals surface area contributed by atoms with E-state index in [1.807, 2.05) is 18.2 Å². The summed E-state index contributed by atoms with van der Waals surface area (Å²) in [7, 11) is 1.41. The fourth-order valence-corrected chi connectivity index (χ4v) is 4.68. The Morgan fingerprint density at radius 3 is 2.74 bits per heavy atom. The molecule has 9 heteroatoms. The van der Waals surface area contributed by atoms with Crippen molar-refractivity contribution < 1.29 is 9.13 Å². The van der Waals surface area contributed by atoms with Crippen molar-refractivity contribution in [3.8, 4) is 5.88 Å². The normalized spacial score (nSPS) is 24.0. The lowest BCUT2D eigenvalue weighted by Crippen LogP contribution is -2.40. The van der Waals surface area contributed by atoms with Crippen molar-refractivity contribution in [2.75, 3.05) is 30.9 Å². The second-order valence-corrected chi connectivity index (χ2v) is 7.60. The van der Waals surface area contributed by atoms with Crippen LogP contribution in [0.5, 0.6) is 5.88 Å². The van der Waals surface area contributed by atoms with E-state index in [1.54, 1.807) is 18.7 Å². The van der Waals surface area contributed by atoms with Crippen LogP contribution in [0, 0.1) is 18.7 Å². The summed E-state index contributed by atoms with van der Waals surface area (Å²) in [6, 6.07) is 10.2. The number of amidine groups is 1. The number of nitrogens with two attached hydrogens (primary N) is 1. The lowest BCUT2D eigenvalue weighted by Gasteiger charge is -2.34. The van der Waals surface area contributed by atoms with E-state index in [1.165, 1.54) is 7.11 Å². The molecule has 0 radical (unpaired) electrons. The molecule has 27 heavy (non-hydrogen) atoms. The number of rotatable bonds is 3. The first kappa shape index (κ1) is 19.7. The molecule has 1 aromatic carbocycles. The molecule has 0 amide bonds. The number of hydrogen-bond acceptors (Lipinski definition) is 7. The Bertz CT molecular complexity index is 868. The second kappa shape index (κ2) is 7.52. The van der Waals surface area contributed by atoms with Gasteiger partial charge in [0.1, 0.15) is 5.54 Å². The summed E-state index contributed by atoms with van der Waals surface area (Å²) in [6.07, 6.45) is 0. The van der Waals surface area contributed by atoms with Gasteiger partial charge >= 0.3 is 0 Å². The smallest absolute Gasteiger partial charge is 0.255 e. The van der Waals surface area contributed by atoms with Crippen LogP contribution in [0.4, 0.5) is 10.3 Å². The maximum absolute atomic E-state index is 14.0. The Morgan fingerprint density at radius 1 is 1.30 bits per heavy atom. The molecule has 0 bridgehead atoms. The highest BCUT2D eigenvalue weighted by Crippen LogP contribution is 2.46. The summed E-state index contributed by atoms with van der Waals surface area (Å²) in [6.45, 7) is 2.94. The third kappa shape index (κ3) is 3.32. The molecule has 2 N–H and O–H groups in total. The van der Waals surface area contributed by atoms with Gasteiger partial charge in [0.2, 0.25) is 11.8 Å². The summed E-state index contributed by atoms with van der Waals surface area (Å²) in [5.41, 5.74) is 7.04. The van der Waals surface area contributed by atoms with Gasteiger partial charge in [0.15, 0.2) is 5.17 Å². The largest absolute Gasteiger partial charge is 0.479 e. The van der Waals surface area contributed by atoms with Crippen LogP contribution in [0.25, 0.3) is 0 Å². The van der Waals surface area contributed by atoms with Gasteiger partial charge in [-0.2, -0.15) is 9.37 Å². The number of aliphatic imine (C=N–C) groups is 1. The van der Waals surface area contributed by atoms with Gasteiger partial charge in [-0.1, -0.05) is 42.1 Å². The van der Waals surface area contributed by atoms with E-state index in [9.17, 15) is 4.39 Å². The summed E-state index contributed by atoms with van der Waals surface area (Å²) in [4.78, 5) is 15.5. The first-order valence-corrected chi connectivity index (χ1v) is 9.39. The molecule has 2 aromatic rings. The number of thioether (sulfide) groups is 1. The predicted molar refractivity (Wildman–Crippen MR) is 108 cm³/mol. The van der Waals surface area contributed by atoms with Crippen LogP contribution < -0.4 is 15.4 Å². The Morgan fingerprint density at radius 2 is 2.04 bits per heavy atom. The highest BCUT2D eigenvalue weighted by atomic mass is 35.5. The van der Waals surface area contributed by atoms with Gasteiger partial charge in [0.05, 0.1) is 19.3 Å². The summed E-state index contributed by atoms with van der Waals surface area (Å²) < 4.78 is 19.1. The second-order valence-electron chi connectivity index (χ2n) is 6.56. The fourth-order valence-electron chi connectivity index (χ4n) is 3.70. The number of fused-ring (bicyclic) bond motifs is 1. The zero-order valence-corrected chi connectivity index (χ0v) is 16.7. The number of methoxy groups -OCH3 is 1. The monoisotopic (exact) mass is 409 g/mol. The average molecular weight is 410 g/mol. The molecule has 2 atom stereocenters. The van der Waals surface area contributed by atoms with E-state index in [2.05, 4.69) is 27.0 Å². The van der Waals surface area contributed by atoms with Crippen LogP contribution >= 0.6 is 24.2 Å². The van der Waals surface area contributed by atoms with Gasteiger partial charge in [-0.25, -0.2) is 9.98 Å². The average Bonchev–Trinajstić information content (AvgIpc) is 3.04. The van der Waals surface area contributed by atoms with Gasteiger partial charge in [0, 0.05) is 18.2 Å². The first-order valence-electron chi connectivity index (χ1n) is 8.40. The number of ether oxygens (including phenoxy) is 1. The molecule has 1 unspecified atom stereocenters. The van der Waals surface area contributed by atoms with Crippen LogP contribution in [0.15, 0.2) is 35.3 Å². The third-order valence-corrected chi connectivity index (χ3v) is 5.97. The lowest BCUT2D eigenvalue weighted by molar-refractivity contribution is 0.365. The number of hydrogen-bond donors (Lipinski definition) is 1. The van der Waals surface area contributed by atoms with Gasteiger partial charge < -0.3 is 15.4 Å². The van der Waals surface area contributed by atoms with Gasteiger partial charge in [-0.05, 0) is 12.5 Å². The molecule has 1 saturated heterocycles. The van der Waals surface area contributed by atoms with Crippen molar-refractivity contribution >= 4 is 35.3 Å². The topological polar surface area (TPSA) is 76.6 Å². The summed E-state index contributed by atoms with van der Waals surface area (Å²) in [5, 5.41) is 0.598. The Hall–Kier alpha value is -2.06. The van der Waals surface area contributed by atoms with E-state index in [4.69, 9.17) is 15.5 Å². The lowest BCUT2D eigenvalue weighted by atomic mass is 9.82. The predicted octanol–water partition coefficient (Wildman–Crippen LogP) is 2.75. The van der Waals surface area contributed by atoms with Crippen LogP contribution in [-0.4, -0.2) is 41.1 Å². The molecular weight excluding hydrogens is 389 g/mol. The molecule has 0 saturated carbocycles. The molecule has 2 aliphatic heterocycles. The van der Waals surface area contributed by atoms with E-state index in [0.717, 1.165) is 17.9 Å². The van der Waals surface area contributed by atoms with Crippen LogP contribution in [0.2, 0.25) is 0 Å². The first-order chi connectivity index (χ1) is 12.5. The molecule has 144 valence electrons. The van der Waals surface area contributed by atoms with E-state index in [-0.39, 0.29) is 29.9 Å². The zero-order valence-electron chi connectivity index (χ0n) is 15.1. The van der Waals surface area contributed by atoms with E-state index < -0.39 is 11.4 Å². The van der Waals surface area contributed by atoms with Crippen molar-refractivity contribution in [1.29, 1.82) is 0 Å². The molecule has 1 aromatic heterocycles. The number of aryl methyl sites for hydroxylation is 1. The highest BCUT2D eigenvalue weighted by molar-refractivity contribution is 8.13. The van der Waals surface area contributed by atoms with Crippen molar-refractivity contribution in [2.24, 2.45) is 16.6 Å². The van der Waals surface area contributed by atoms with E-state index >= 15 is 0 Å². The van der Waals surface area contributed by atoms with Gasteiger partial charge in [-0.15, -0.1) is 12.4 Å². The molecule has 0 spiro atoms. The van der Waals surface area contributed by atoms with Gasteiger partial charge in [0.25, 0.3) is 5.88 Å². The SMILES string of the molecule is COc1nc(N2C[C@H]3CSC(N)=NC3(c3ccccc3)C2)nc(C)c1F.Cl. The maximum Gasteiger partial charge on any atom is 0.255 e. The zero-order chi connectivity index (χ0) is 18.3. The fraction of sp³-hybridized carbons (Fsp3) is 0.389. The minimum Gasteiger partial charge on any atom is -0.479 e. The number of nitrogens with zero attached hydrogens (tertiary/aromatic N) is 4. The number of aromatic nitrogens is 2.